The predicted molar refractivity (Wildman–Crippen MR) is 163 cm³/mol. The molecule has 4 rings (SSSR count). The summed E-state index contributed by atoms with van der Waals surface area (Å²) < 4.78 is 84.2. The van der Waals surface area contributed by atoms with Gasteiger partial charge in [0, 0.05) is 6.42 Å². The number of H-pyrrole nitrogens is 1. The van der Waals surface area contributed by atoms with E-state index in [-0.39, 0.29) is 19.8 Å². The third kappa shape index (κ3) is 6.31. The number of benzene rings is 2. The Kier molecular flexibility index (Phi) is 10.3. The van der Waals surface area contributed by atoms with Crippen LogP contribution in [0.5, 0.6) is 0 Å². The van der Waals surface area contributed by atoms with E-state index < -0.39 is 68.4 Å². The van der Waals surface area contributed by atoms with Crippen molar-refractivity contribution in [3.05, 3.63) is 93.5 Å². The Bertz CT molecular complexity index is 1530. The zero-order valence-corrected chi connectivity index (χ0v) is 27.2. The number of nitrogens with zero attached hydrogens (tertiary/aromatic N) is 1. The Morgan fingerprint density at radius 3 is 1.98 bits per heavy atom. The minimum Gasteiger partial charge on any atom is -0.405 e. The van der Waals surface area contributed by atoms with Gasteiger partial charge in [0.05, 0.1) is 38.0 Å². The van der Waals surface area contributed by atoms with Gasteiger partial charge < -0.3 is 18.2 Å². The van der Waals surface area contributed by atoms with Gasteiger partial charge in [0.25, 0.3) is 13.9 Å². The molecule has 3 atom stereocenters. The van der Waals surface area contributed by atoms with Gasteiger partial charge in [0.15, 0.2) is 0 Å². The molecule has 14 heteroatoms. The quantitative estimate of drug-likeness (QED) is 0.216. The summed E-state index contributed by atoms with van der Waals surface area (Å²) in [4.78, 5) is 26.1. The number of rotatable bonds is 12. The van der Waals surface area contributed by atoms with Crippen LogP contribution >= 0.6 is 7.60 Å². The maximum Gasteiger partial charge on any atom is 0.399 e. The van der Waals surface area contributed by atoms with Gasteiger partial charge in [0.1, 0.15) is 6.23 Å². The number of hydrogen-bond acceptors (Lipinski definition) is 7. The van der Waals surface area contributed by atoms with Crippen LogP contribution < -0.4 is 21.6 Å². The summed E-state index contributed by atoms with van der Waals surface area (Å²) >= 11 is 0. The molecule has 0 radical (unpaired) electrons. The lowest BCUT2D eigenvalue weighted by atomic mass is 10.0. The van der Waals surface area contributed by atoms with Gasteiger partial charge in [-0.2, -0.15) is 13.2 Å². The Hall–Kier alpha value is -2.80. The minimum atomic E-state index is -5.05. The summed E-state index contributed by atoms with van der Waals surface area (Å²) in [5, 5.41) is 1.28. The molecule has 0 spiro atoms. The number of alkyl halides is 2. The van der Waals surface area contributed by atoms with E-state index >= 15 is 8.78 Å². The molecule has 0 amide bonds. The van der Waals surface area contributed by atoms with Crippen molar-refractivity contribution in [1.82, 2.24) is 9.55 Å². The zero-order valence-electron chi connectivity index (χ0n) is 25.3. The van der Waals surface area contributed by atoms with Crippen molar-refractivity contribution in [3.8, 4) is 0 Å². The maximum absolute atomic E-state index is 16.4. The molecule has 0 unspecified atom stereocenters. The Morgan fingerprint density at radius 2 is 1.50 bits per heavy atom. The van der Waals surface area contributed by atoms with Crippen LogP contribution in [0.1, 0.15) is 47.3 Å². The van der Waals surface area contributed by atoms with Crippen LogP contribution in [0.4, 0.5) is 13.2 Å². The number of nitrogens with one attached hydrogen (secondary N) is 1. The highest BCUT2D eigenvalue weighted by Crippen LogP contribution is 2.67. The molecule has 2 heterocycles. The van der Waals surface area contributed by atoms with E-state index in [2.05, 4.69) is 0 Å². The molecule has 1 aromatic heterocycles. The number of hydrogen-bond donors (Lipinski definition) is 1. The lowest BCUT2D eigenvalue weighted by Gasteiger charge is -2.44. The first kappa shape index (κ1) is 34.1. The van der Waals surface area contributed by atoms with Crippen LogP contribution in [-0.4, -0.2) is 49.5 Å². The molecule has 0 aliphatic carbocycles. The fourth-order valence-corrected chi connectivity index (χ4v) is 12.2. The number of ether oxygens (including phenoxy) is 1. The van der Waals surface area contributed by atoms with Gasteiger partial charge in [-0.05, 0) is 29.3 Å². The first-order chi connectivity index (χ1) is 20.7. The summed E-state index contributed by atoms with van der Waals surface area (Å²) in [6.07, 6.45) is -2.84. The normalized spacial score (nSPS) is 19.8. The van der Waals surface area contributed by atoms with E-state index in [9.17, 15) is 18.5 Å². The SMILES string of the molecule is CCOP(=O)(OCC)C(F)(F)[C@H]1C[C@H](n2cc(F)c(=O)[nH]c2=O)O[C@@H]1CO[Si](c1ccccc1)(c1ccccc1)C(C)(C)C. The molecule has 44 heavy (non-hydrogen) atoms. The molecule has 9 nitrogen and oxygen atoms in total. The molecule has 1 aliphatic rings. The van der Waals surface area contributed by atoms with E-state index in [0.717, 1.165) is 10.4 Å². The van der Waals surface area contributed by atoms with Crippen molar-refractivity contribution < 1.29 is 35.9 Å². The summed E-state index contributed by atoms with van der Waals surface area (Å²) in [5.41, 5.74) is -6.39. The zero-order chi connectivity index (χ0) is 32.3. The lowest BCUT2D eigenvalue weighted by Crippen LogP contribution is -2.67. The molecule has 1 saturated heterocycles. The van der Waals surface area contributed by atoms with E-state index in [4.69, 9.17) is 18.2 Å². The van der Waals surface area contributed by atoms with Crippen LogP contribution in [0.2, 0.25) is 5.04 Å². The van der Waals surface area contributed by atoms with E-state index in [1.54, 1.807) is 0 Å². The highest BCUT2D eigenvalue weighted by molar-refractivity contribution is 7.55. The molecule has 240 valence electrons. The topological polar surface area (TPSA) is 109 Å². The molecule has 0 saturated carbocycles. The van der Waals surface area contributed by atoms with Gasteiger partial charge >= 0.3 is 18.9 Å². The third-order valence-corrected chi connectivity index (χ3v) is 15.0. The van der Waals surface area contributed by atoms with Crippen LogP contribution in [0.15, 0.2) is 76.4 Å². The largest absolute Gasteiger partial charge is 0.405 e. The van der Waals surface area contributed by atoms with Gasteiger partial charge in [-0.15, -0.1) is 0 Å². The van der Waals surface area contributed by atoms with Gasteiger partial charge in [-0.25, -0.2) is 4.79 Å². The lowest BCUT2D eigenvalue weighted by molar-refractivity contribution is -0.0712. The minimum absolute atomic E-state index is 0.308. The second-order valence-electron chi connectivity index (χ2n) is 11.5. The van der Waals surface area contributed by atoms with Crippen molar-refractivity contribution in [2.75, 3.05) is 19.8 Å². The van der Waals surface area contributed by atoms with E-state index in [1.807, 2.05) is 86.4 Å². The molecule has 0 bridgehead atoms. The average molecular weight is 655 g/mol. The molecular formula is C30H38F3N2O7PSi. The fraction of sp³-hybridized carbons (Fsp3) is 0.467. The Balaban J connectivity index is 1.83. The number of aromatic nitrogens is 2. The maximum atomic E-state index is 16.4. The second-order valence-corrected chi connectivity index (χ2v) is 17.9. The average Bonchev–Trinajstić information content (AvgIpc) is 3.41. The van der Waals surface area contributed by atoms with Crippen molar-refractivity contribution in [1.29, 1.82) is 0 Å². The first-order valence-corrected chi connectivity index (χ1v) is 17.8. The monoisotopic (exact) mass is 654 g/mol. The molecule has 3 aromatic rings. The fourth-order valence-electron chi connectivity index (χ4n) is 5.82. The third-order valence-electron chi connectivity index (χ3n) is 7.76. The molecule has 1 fully saturated rings. The van der Waals surface area contributed by atoms with Crippen molar-refractivity contribution in [2.45, 2.75) is 64.1 Å². The van der Waals surface area contributed by atoms with Crippen molar-refractivity contribution in [2.24, 2.45) is 5.92 Å². The van der Waals surface area contributed by atoms with Crippen LogP contribution in [0, 0.1) is 11.7 Å². The first-order valence-electron chi connectivity index (χ1n) is 14.4. The molecule has 2 aromatic carbocycles. The molecular weight excluding hydrogens is 616 g/mol. The highest BCUT2D eigenvalue weighted by Gasteiger charge is 2.64. The van der Waals surface area contributed by atoms with E-state index in [1.165, 1.54) is 13.8 Å². The summed E-state index contributed by atoms with van der Waals surface area (Å²) in [7, 11) is -8.29. The smallest absolute Gasteiger partial charge is 0.399 e. The predicted octanol–water partition coefficient (Wildman–Crippen LogP) is 5.01. The van der Waals surface area contributed by atoms with Gasteiger partial charge in [0.2, 0.25) is 5.82 Å². The summed E-state index contributed by atoms with van der Waals surface area (Å²) in [6.45, 7) is 7.89. The summed E-state index contributed by atoms with van der Waals surface area (Å²) in [6, 6.07) is 19.0. The van der Waals surface area contributed by atoms with Crippen molar-refractivity contribution >= 4 is 26.3 Å². The van der Waals surface area contributed by atoms with Crippen LogP contribution in [-0.2, 0) is 22.8 Å². The Labute approximate surface area is 255 Å². The second kappa shape index (κ2) is 13.3. The molecule has 1 N–H and O–H groups in total. The summed E-state index contributed by atoms with van der Waals surface area (Å²) in [5.74, 6) is -3.13. The van der Waals surface area contributed by atoms with Gasteiger partial charge in [-0.3, -0.25) is 18.9 Å². The number of aromatic amines is 1. The van der Waals surface area contributed by atoms with Crippen molar-refractivity contribution in [3.63, 3.8) is 0 Å². The number of halogens is 3. The van der Waals surface area contributed by atoms with E-state index in [0.29, 0.717) is 10.8 Å². The van der Waals surface area contributed by atoms with Crippen LogP contribution in [0.3, 0.4) is 0 Å². The highest BCUT2D eigenvalue weighted by atomic mass is 31.2. The molecule has 1 aliphatic heterocycles. The van der Waals surface area contributed by atoms with Gasteiger partial charge in [-0.1, -0.05) is 81.4 Å². The Morgan fingerprint density at radius 1 is 0.977 bits per heavy atom. The van der Waals surface area contributed by atoms with Crippen LogP contribution in [0.25, 0.3) is 0 Å². The standard InChI is InChI=1S/C30H38F3N2O7PSi/c1-6-39-43(38,40-7-2)30(32,33)23-18-26(35-19-24(31)27(36)34-28(35)37)42-25(23)20-41-44(29(3,4)5,21-14-10-8-11-15-21)22-16-12-9-13-17-22/h8-17,19,23,25-26H,6-7,18,20H2,1-5H3,(H,34,36,37)/t23-,25+,26+/m0/s1.